The summed E-state index contributed by atoms with van der Waals surface area (Å²) in [6, 6.07) is 5.73. The zero-order chi connectivity index (χ0) is 25.1. The highest BCUT2D eigenvalue weighted by atomic mass is 16.6. The lowest BCUT2D eigenvalue weighted by molar-refractivity contribution is 0.0672. The molecule has 1 fully saturated rings. The van der Waals surface area contributed by atoms with E-state index in [1.165, 1.54) is 6.33 Å². The molecule has 3 aromatic rings. The largest absolute Gasteiger partial charge is 0.449 e. The number of fused-ring (bicyclic) bond motifs is 1. The number of ether oxygens (including phenoxy) is 1. The SMILES string of the molecule is CCCN(C(=O)OCC)C(=O)c1cn2ncnc(Nc3cc(C(=O)NC4CC4)ccc3C)c2c1C. The molecule has 10 nitrogen and oxygen atoms in total. The molecule has 2 N–H and O–H groups in total. The van der Waals surface area contributed by atoms with Crippen molar-refractivity contribution in [3.05, 3.63) is 53.0 Å². The number of carbonyl (C=O) groups excluding carboxylic acids is 3. The monoisotopic (exact) mass is 478 g/mol. The molecule has 2 heterocycles. The first kappa shape index (κ1) is 24.2. The summed E-state index contributed by atoms with van der Waals surface area (Å²) >= 11 is 0. The number of amides is 3. The molecule has 0 atom stereocenters. The average Bonchev–Trinajstić information content (AvgIpc) is 3.59. The lowest BCUT2D eigenvalue weighted by Crippen LogP contribution is -2.38. The Hall–Kier alpha value is -3.95. The lowest BCUT2D eigenvalue weighted by atomic mass is 10.1. The first-order chi connectivity index (χ1) is 16.8. The Morgan fingerprint density at radius 3 is 2.66 bits per heavy atom. The van der Waals surface area contributed by atoms with Crippen molar-refractivity contribution >= 4 is 34.9 Å². The van der Waals surface area contributed by atoms with Crippen molar-refractivity contribution in [3.8, 4) is 0 Å². The van der Waals surface area contributed by atoms with E-state index in [2.05, 4.69) is 20.7 Å². The summed E-state index contributed by atoms with van der Waals surface area (Å²) in [5, 5.41) is 10.6. The van der Waals surface area contributed by atoms with Crippen LogP contribution in [0.3, 0.4) is 0 Å². The van der Waals surface area contributed by atoms with E-state index < -0.39 is 12.0 Å². The van der Waals surface area contributed by atoms with E-state index in [9.17, 15) is 14.4 Å². The van der Waals surface area contributed by atoms with Crippen LogP contribution >= 0.6 is 0 Å². The maximum absolute atomic E-state index is 13.3. The summed E-state index contributed by atoms with van der Waals surface area (Å²) in [6.45, 7) is 7.74. The fraction of sp³-hybridized carbons (Fsp3) is 0.400. The van der Waals surface area contributed by atoms with Crippen LogP contribution in [0.25, 0.3) is 5.52 Å². The van der Waals surface area contributed by atoms with Crippen molar-refractivity contribution in [2.45, 2.75) is 53.0 Å². The number of anilines is 2. The van der Waals surface area contributed by atoms with Gasteiger partial charge in [-0.05, 0) is 63.3 Å². The fourth-order valence-corrected chi connectivity index (χ4v) is 3.84. The number of carbonyl (C=O) groups is 3. The zero-order valence-electron chi connectivity index (χ0n) is 20.4. The number of hydrogen-bond acceptors (Lipinski definition) is 7. The number of hydrogen-bond donors (Lipinski definition) is 2. The molecule has 0 aliphatic heterocycles. The van der Waals surface area contributed by atoms with Gasteiger partial charge in [0.15, 0.2) is 5.82 Å². The Balaban J connectivity index is 1.67. The number of benzene rings is 1. The van der Waals surface area contributed by atoms with Crippen LogP contribution < -0.4 is 10.6 Å². The molecular weight excluding hydrogens is 448 g/mol. The van der Waals surface area contributed by atoms with E-state index in [1.54, 1.807) is 36.7 Å². The Kier molecular flexibility index (Phi) is 6.99. The Morgan fingerprint density at radius 2 is 1.97 bits per heavy atom. The number of nitrogens with zero attached hydrogens (tertiary/aromatic N) is 4. The van der Waals surface area contributed by atoms with E-state index in [1.807, 2.05) is 19.9 Å². The van der Waals surface area contributed by atoms with E-state index >= 15 is 0 Å². The molecule has 0 saturated heterocycles. The van der Waals surface area contributed by atoms with E-state index in [4.69, 9.17) is 4.74 Å². The molecule has 3 amide bonds. The Labute approximate surface area is 203 Å². The van der Waals surface area contributed by atoms with E-state index in [0.29, 0.717) is 34.4 Å². The third-order valence-electron chi connectivity index (χ3n) is 5.90. The first-order valence-corrected chi connectivity index (χ1v) is 11.8. The molecule has 0 radical (unpaired) electrons. The zero-order valence-corrected chi connectivity index (χ0v) is 20.4. The molecule has 1 aliphatic carbocycles. The molecule has 35 heavy (non-hydrogen) atoms. The van der Waals surface area contributed by atoms with Gasteiger partial charge in [0.25, 0.3) is 11.8 Å². The Morgan fingerprint density at radius 1 is 1.20 bits per heavy atom. The van der Waals surface area contributed by atoms with Gasteiger partial charge in [0.2, 0.25) is 0 Å². The summed E-state index contributed by atoms with van der Waals surface area (Å²) in [5.74, 6) is -0.0723. The minimum absolute atomic E-state index is 0.106. The topological polar surface area (TPSA) is 118 Å². The molecule has 10 heteroatoms. The molecule has 1 aromatic carbocycles. The van der Waals surface area contributed by atoms with Crippen molar-refractivity contribution in [1.82, 2.24) is 24.8 Å². The number of imide groups is 1. The van der Waals surface area contributed by atoms with Gasteiger partial charge in [0.05, 0.1) is 12.2 Å². The summed E-state index contributed by atoms with van der Waals surface area (Å²) in [6.07, 6.45) is 4.94. The van der Waals surface area contributed by atoms with Crippen molar-refractivity contribution in [2.24, 2.45) is 0 Å². The molecule has 2 aromatic heterocycles. The van der Waals surface area contributed by atoms with Crippen molar-refractivity contribution in [1.29, 1.82) is 0 Å². The molecule has 0 unspecified atom stereocenters. The van der Waals surface area contributed by atoms with Gasteiger partial charge in [-0.1, -0.05) is 13.0 Å². The third kappa shape index (κ3) is 5.11. The molecule has 4 rings (SSSR count). The van der Waals surface area contributed by atoms with Gasteiger partial charge >= 0.3 is 6.09 Å². The van der Waals surface area contributed by atoms with Crippen molar-refractivity contribution in [3.63, 3.8) is 0 Å². The lowest BCUT2D eigenvalue weighted by Gasteiger charge is -2.19. The second-order valence-electron chi connectivity index (χ2n) is 8.63. The van der Waals surface area contributed by atoms with E-state index in [0.717, 1.165) is 29.0 Å². The van der Waals surface area contributed by atoms with Crippen LogP contribution in [0.1, 0.15) is 65.0 Å². The van der Waals surface area contributed by atoms with Crippen molar-refractivity contribution in [2.75, 3.05) is 18.5 Å². The van der Waals surface area contributed by atoms with Gasteiger partial charge in [-0.15, -0.1) is 0 Å². The number of rotatable bonds is 8. The third-order valence-corrected chi connectivity index (χ3v) is 5.90. The van der Waals surface area contributed by atoms with Crippen LogP contribution in [0.2, 0.25) is 0 Å². The highest BCUT2D eigenvalue weighted by Crippen LogP contribution is 2.28. The molecule has 0 bridgehead atoms. The minimum atomic E-state index is -0.671. The number of nitrogens with one attached hydrogen (secondary N) is 2. The van der Waals surface area contributed by atoms with Crippen LogP contribution in [0, 0.1) is 13.8 Å². The second-order valence-corrected chi connectivity index (χ2v) is 8.63. The standard InChI is InChI=1S/C25H30N6O4/c1-5-11-30(25(34)35-6-2)24(33)19-13-31-21(16(19)4)22(26-14-27-31)29-20-12-17(8-7-15(20)3)23(32)28-18-9-10-18/h7-8,12-14,18H,5-6,9-11H2,1-4H3,(H,28,32)(H,26,27,29). The quantitative estimate of drug-likeness (QED) is 0.503. The maximum Gasteiger partial charge on any atom is 0.416 e. The highest BCUT2D eigenvalue weighted by Gasteiger charge is 2.28. The first-order valence-electron chi connectivity index (χ1n) is 11.8. The molecule has 1 saturated carbocycles. The molecular formula is C25H30N6O4. The maximum atomic E-state index is 13.3. The summed E-state index contributed by atoms with van der Waals surface area (Å²) in [5.41, 5.74) is 3.78. The second kappa shape index (κ2) is 10.1. The average molecular weight is 479 g/mol. The van der Waals surface area contributed by atoms with Crippen LogP contribution in [0.5, 0.6) is 0 Å². The minimum Gasteiger partial charge on any atom is -0.449 e. The van der Waals surface area contributed by atoms with Crippen LogP contribution in [-0.4, -0.2) is 56.6 Å². The summed E-state index contributed by atoms with van der Waals surface area (Å²) < 4.78 is 6.64. The van der Waals surface area contributed by atoms with Gasteiger partial charge < -0.3 is 15.4 Å². The predicted molar refractivity (Wildman–Crippen MR) is 131 cm³/mol. The van der Waals surface area contributed by atoms with Crippen LogP contribution in [0.15, 0.2) is 30.7 Å². The fourth-order valence-electron chi connectivity index (χ4n) is 3.84. The summed E-state index contributed by atoms with van der Waals surface area (Å²) in [7, 11) is 0. The smallest absolute Gasteiger partial charge is 0.416 e. The molecule has 184 valence electrons. The Bertz CT molecular complexity index is 1280. The van der Waals surface area contributed by atoms with Gasteiger partial charge in [0, 0.05) is 30.0 Å². The van der Waals surface area contributed by atoms with Gasteiger partial charge in [-0.2, -0.15) is 5.10 Å². The molecule has 1 aliphatic rings. The molecule has 0 spiro atoms. The normalized spacial score (nSPS) is 12.9. The number of aromatic nitrogens is 3. The van der Waals surface area contributed by atoms with E-state index in [-0.39, 0.29) is 25.1 Å². The van der Waals surface area contributed by atoms with Crippen LogP contribution in [0.4, 0.5) is 16.3 Å². The highest BCUT2D eigenvalue weighted by molar-refractivity contribution is 6.05. The van der Waals surface area contributed by atoms with Crippen LogP contribution in [-0.2, 0) is 4.74 Å². The number of aryl methyl sites for hydroxylation is 2. The van der Waals surface area contributed by atoms with Gasteiger partial charge in [-0.3, -0.25) is 9.59 Å². The summed E-state index contributed by atoms with van der Waals surface area (Å²) in [4.78, 5) is 43.7. The van der Waals surface area contributed by atoms with Crippen molar-refractivity contribution < 1.29 is 19.1 Å². The van der Waals surface area contributed by atoms with Gasteiger partial charge in [0.1, 0.15) is 11.8 Å². The van der Waals surface area contributed by atoms with Gasteiger partial charge in [-0.25, -0.2) is 19.2 Å². The predicted octanol–water partition coefficient (Wildman–Crippen LogP) is 3.99.